The van der Waals surface area contributed by atoms with Gasteiger partial charge in [0, 0.05) is 13.1 Å². The Morgan fingerprint density at radius 1 is 1.23 bits per heavy atom. The quantitative estimate of drug-likeness (QED) is 0.664. The minimum Gasteiger partial charge on any atom is -0.432 e. The molecule has 72 valence electrons. The summed E-state index contributed by atoms with van der Waals surface area (Å²) in [6.07, 6.45) is 6.94. The van der Waals surface area contributed by atoms with Crippen LogP contribution in [-0.4, -0.2) is 18.1 Å². The summed E-state index contributed by atoms with van der Waals surface area (Å²) < 4.78 is 5.37. The van der Waals surface area contributed by atoms with E-state index < -0.39 is 0 Å². The summed E-state index contributed by atoms with van der Waals surface area (Å²) in [4.78, 5) is 6.59. The van der Waals surface area contributed by atoms with E-state index in [0.29, 0.717) is 0 Å². The number of nitrogens with zero attached hydrogens (tertiary/aromatic N) is 2. The number of aryl methyl sites for hydroxylation is 1. The molecule has 1 fully saturated rings. The molecule has 1 aliphatic rings. The molecule has 0 unspecified atom stereocenters. The number of oxazole rings is 1. The molecule has 1 saturated heterocycles. The zero-order valence-electron chi connectivity index (χ0n) is 8.12. The Morgan fingerprint density at radius 3 is 2.46 bits per heavy atom. The van der Waals surface area contributed by atoms with Crippen LogP contribution in [0.15, 0.2) is 10.7 Å². The largest absolute Gasteiger partial charge is 0.432 e. The fourth-order valence-electron chi connectivity index (χ4n) is 1.75. The van der Waals surface area contributed by atoms with Gasteiger partial charge in [-0.25, -0.2) is 0 Å². The first-order chi connectivity index (χ1) is 6.36. The number of anilines is 1. The topological polar surface area (TPSA) is 29.3 Å². The molecule has 3 nitrogen and oxygen atoms in total. The zero-order chi connectivity index (χ0) is 9.10. The lowest BCUT2D eigenvalue weighted by Gasteiger charge is -2.16. The van der Waals surface area contributed by atoms with Crippen LogP contribution in [0.2, 0.25) is 0 Å². The molecule has 0 bridgehead atoms. The van der Waals surface area contributed by atoms with Gasteiger partial charge < -0.3 is 9.32 Å². The maximum atomic E-state index is 5.37. The monoisotopic (exact) mass is 180 g/mol. The van der Waals surface area contributed by atoms with E-state index in [4.69, 9.17) is 4.42 Å². The van der Waals surface area contributed by atoms with Crippen LogP contribution in [0, 0.1) is 6.92 Å². The molecule has 13 heavy (non-hydrogen) atoms. The van der Waals surface area contributed by atoms with E-state index in [9.17, 15) is 0 Å². The highest BCUT2D eigenvalue weighted by atomic mass is 16.4. The molecule has 0 saturated carbocycles. The molecule has 3 heteroatoms. The van der Waals surface area contributed by atoms with Crippen molar-refractivity contribution in [2.75, 3.05) is 18.0 Å². The third-order valence-corrected chi connectivity index (χ3v) is 2.48. The predicted molar refractivity (Wildman–Crippen MR) is 51.9 cm³/mol. The first-order valence-electron chi connectivity index (χ1n) is 5.03. The summed E-state index contributed by atoms with van der Waals surface area (Å²) in [5, 5.41) is 0. The normalized spacial score (nSPS) is 18.7. The van der Waals surface area contributed by atoms with Crippen LogP contribution in [0.4, 0.5) is 6.01 Å². The van der Waals surface area contributed by atoms with Crippen LogP contribution in [0.3, 0.4) is 0 Å². The van der Waals surface area contributed by atoms with Crippen molar-refractivity contribution in [3.63, 3.8) is 0 Å². The number of rotatable bonds is 1. The van der Waals surface area contributed by atoms with Crippen molar-refractivity contribution in [2.45, 2.75) is 32.6 Å². The molecule has 2 heterocycles. The summed E-state index contributed by atoms with van der Waals surface area (Å²) >= 11 is 0. The van der Waals surface area contributed by atoms with Crippen LogP contribution >= 0.6 is 0 Å². The van der Waals surface area contributed by atoms with Crippen molar-refractivity contribution in [3.8, 4) is 0 Å². The molecule has 2 rings (SSSR count). The van der Waals surface area contributed by atoms with Crippen molar-refractivity contribution in [1.82, 2.24) is 4.98 Å². The van der Waals surface area contributed by atoms with Crippen molar-refractivity contribution >= 4 is 6.01 Å². The summed E-state index contributed by atoms with van der Waals surface area (Å²) in [7, 11) is 0. The molecule has 0 aromatic carbocycles. The van der Waals surface area contributed by atoms with Gasteiger partial charge in [-0.3, -0.25) is 0 Å². The summed E-state index contributed by atoms with van der Waals surface area (Å²) in [6.45, 7) is 4.16. The molecule has 1 aromatic heterocycles. The highest BCUT2D eigenvalue weighted by Gasteiger charge is 2.13. The van der Waals surface area contributed by atoms with Crippen LogP contribution in [0.1, 0.15) is 31.4 Å². The second-order valence-corrected chi connectivity index (χ2v) is 3.67. The SMILES string of the molecule is Cc1coc(N2CCCCCC2)n1. The van der Waals surface area contributed by atoms with Gasteiger partial charge in [0.1, 0.15) is 6.26 Å². The molecule has 0 aliphatic carbocycles. The molecule has 1 aliphatic heterocycles. The third kappa shape index (κ3) is 2.02. The van der Waals surface area contributed by atoms with E-state index in [0.717, 1.165) is 24.8 Å². The molecule has 0 radical (unpaired) electrons. The van der Waals surface area contributed by atoms with Gasteiger partial charge in [-0.05, 0) is 19.8 Å². The summed E-state index contributed by atoms with van der Waals surface area (Å²) in [5.74, 6) is 0. The Kier molecular flexibility index (Phi) is 2.52. The minimum absolute atomic E-state index is 0.805. The average Bonchev–Trinajstić information content (AvgIpc) is 2.43. The predicted octanol–water partition coefficient (Wildman–Crippen LogP) is 2.36. The van der Waals surface area contributed by atoms with Gasteiger partial charge in [-0.15, -0.1) is 0 Å². The number of aromatic nitrogens is 1. The van der Waals surface area contributed by atoms with Crippen LogP contribution < -0.4 is 4.90 Å². The van der Waals surface area contributed by atoms with E-state index in [1.54, 1.807) is 6.26 Å². The Hall–Kier alpha value is -0.990. The van der Waals surface area contributed by atoms with Gasteiger partial charge in [-0.2, -0.15) is 4.98 Å². The highest BCUT2D eigenvalue weighted by Crippen LogP contribution is 2.18. The molecule has 0 spiro atoms. The van der Waals surface area contributed by atoms with E-state index in [1.165, 1.54) is 25.7 Å². The van der Waals surface area contributed by atoms with Crippen LogP contribution in [0.25, 0.3) is 0 Å². The Morgan fingerprint density at radius 2 is 1.92 bits per heavy atom. The standard InChI is InChI=1S/C10H16N2O/c1-9-8-13-10(11-9)12-6-4-2-3-5-7-12/h8H,2-7H2,1H3. The minimum atomic E-state index is 0.805. The highest BCUT2D eigenvalue weighted by molar-refractivity contribution is 5.26. The van der Waals surface area contributed by atoms with E-state index in [2.05, 4.69) is 9.88 Å². The smallest absolute Gasteiger partial charge is 0.297 e. The Labute approximate surface area is 78.8 Å². The molecular formula is C10H16N2O. The second-order valence-electron chi connectivity index (χ2n) is 3.67. The van der Waals surface area contributed by atoms with Gasteiger partial charge in [0.05, 0.1) is 5.69 Å². The number of hydrogen-bond acceptors (Lipinski definition) is 3. The van der Waals surface area contributed by atoms with Crippen molar-refractivity contribution in [3.05, 3.63) is 12.0 Å². The van der Waals surface area contributed by atoms with Crippen molar-refractivity contribution in [2.24, 2.45) is 0 Å². The van der Waals surface area contributed by atoms with Crippen molar-refractivity contribution < 1.29 is 4.42 Å². The zero-order valence-corrected chi connectivity index (χ0v) is 8.12. The first kappa shape index (κ1) is 8.60. The summed E-state index contributed by atoms with van der Waals surface area (Å²) in [5.41, 5.74) is 0.972. The lowest BCUT2D eigenvalue weighted by atomic mass is 10.2. The Balaban J connectivity index is 2.06. The van der Waals surface area contributed by atoms with E-state index in [1.807, 2.05) is 6.92 Å². The Bertz CT molecular complexity index is 262. The lowest BCUT2D eigenvalue weighted by molar-refractivity contribution is 0.533. The maximum Gasteiger partial charge on any atom is 0.297 e. The molecular weight excluding hydrogens is 164 g/mol. The molecule has 0 N–H and O–H groups in total. The van der Waals surface area contributed by atoms with Gasteiger partial charge in [0.25, 0.3) is 6.01 Å². The fraction of sp³-hybridized carbons (Fsp3) is 0.700. The van der Waals surface area contributed by atoms with Crippen molar-refractivity contribution in [1.29, 1.82) is 0 Å². The van der Waals surface area contributed by atoms with E-state index >= 15 is 0 Å². The maximum absolute atomic E-state index is 5.37. The summed E-state index contributed by atoms with van der Waals surface area (Å²) in [6, 6.07) is 0.805. The molecule has 0 amide bonds. The second kappa shape index (κ2) is 3.81. The molecule has 0 atom stereocenters. The third-order valence-electron chi connectivity index (χ3n) is 2.48. The molecule has 1 aromatic rings. The lowest BCUT2D eigenvalue weighted by Crippen LogP contribution is -2.24. The van der Waals surface area contributed by atoms with Gasteiger partial charge in [0.2, 0.25) is 0 Å². The van der Waals surface area contributed by atoms with Gasteiger partial charge in [0.15, 0.2) is 0 Å². The van der Waals surface area contributed by atoms with Crippen LogP contribution in [0.5, 0.6) is 0 Å². The van der Waals surface area contributed by atoms with E-state index in [-0.39, 0.29) is 0 Å². The van der Waals surface area contributed by atoms with Gasteiger partial charge >= 0.3 is 0 Å². The number of hydrogen-bond donors (Lipinski definition) is 0. The average molecular weight is 180 g/mol. The van der Waals surface area contributed by atoms with Gasteiger partial charge in [-0.1, -0.05) is 12.8 Å². The fourth-order valence-corrected chi connectivity index (χ4v) is 1.75. The van der Waals surface area contributed by atoms with Crippen LogP contribution in [-0.2, 0) is 0 Å². The first-order valence-corrected chi connectivity index (χ1v) is 5.03.